The number of hydrogen-bond donors (Lipinski definition) is 1. The zero-order valence-electron chi connectivity index (χ0n) is 17.7. The number of carboxylic acid groups (broad SMARTS) is 1. The summed E-state index contributed by atoms with van der Waals surface area (Å²) >= 11 is 3.88. The molecule has 1 N–H and O–H groups in total. The first kappa shape index (κ1) is 22.6. The molecule has 0 saturated carbocycles. The van der Waals surface area contributed by atoms with Gasteiger partial charge in [0.1, 0.15) is 20.7 Å². The number of nitro benzene ring substituents is 1. The van der Waals surface area contributed by atoms with Crippen molar-refractivity contribution in [2.45, 2.75) is 23.8 Å². The number of rotatable bonds is 6. The summed E-state index contributed by atoms with van der Waals surface area (Å²) in [6.07, 6.45) is 11.7. The van der Waals surface area contributed by atoms with Crippen LogP contribution in [-0.4, -0.2) is 37.8 Å². The van der Waals surface area contributed by atoms with E-state index in [-0.39, 0.29) is 11.6 Å². The summed E-state index contributed by atoms with van der Waals surface area (Å²) in [5, 5.41) is 22.0. The zero-order valence-corrected chi connectivity index (χ0v) is 20.2. The number of benzene rings is 1. The standard InChI is InChI=1S/C23H17N3O5S3/c1-12-2-7-19(18(8-12)26(29)30)34-31-15-5-4-14-9-13(10-15)3-6-16-20(14)33-22(24-16)21-25-17(11-32-21)23(27)28/h2-10,14,17H,11H2,1H3,(H,27,28). The summed E-state index contributed by atoms with van der Waals surface area (Å²) in [7, 11) is 0. The summed E-state index contributed by atoms with van der Waals surface area (Å²) in [6, 6.07) is 4.30. The predicted octanol–water partition coefficient (Wildman–Crippen LogP) is 5.52. The molecule has 3 aliphatic rings. The molecule has 1 aromatic carbocycles. The Hall–Kier alpha value is -3.15. The van der Waals surface area contributed by atoms with E-state index in [0.29, 0.717) is 21.5 Å². The van der Waals surface area contributed by atoms with Gasteiger partial charge in [-0.15, -0.1) is 23.1 Å². The Kier molecular flexibility index (Phi) is 6.15. The van der Waals surface area contributed by atoms with Crippen LogP contribution in [0.15, 0.2) is 69.8 Å². The molecule has 2 atom stereocenters. The van der Waals surface area contributed by atoms with Gasteiger partial charge in [-0.25, -0.2) is 9.78 Å². The van der Waals surface area contributed by atoms with Crippen molar-refractivity contribution in [1.29, 1.82) is 0 Å². The predicted molar refractivity (Wildman–Crippen MR) is 134 cm³/mol. The molecule has 11 heteroatoms. The van der Waals surface area contributed by atoms with E-state index in [0.717, 1.165) is 38.8 Å². The maximum Gasteiger partial charge on any atom is 0.329 e. The zero-order chi connectivity index (χ0) is 23.8. The van der Waals surface area contributed by atoms with Crippen LogP contribution in [-0.2, 0) is 8.98 Å². The van der Waals surface area contributed by atoms with E-state index in [9.17, 15) is 20.0 Å². The number of nitrogens with zero attached hydrogens (tertiary/aromatic N) is 3. The number of thiazole rings is 1. The van der Waals surface area contributed by atoms with Crippen molar-refractivity contribution in [3.05, 3.63) is 91.2 Å². The maximum absolute atomic E-state index is 11.4. The van der Waals surface area contributed by atoms with Crippen LogP contribution in [0.25, 0.3) is 6.08 Å². The number of nitro groups is 1. The molecular formula is C23H17N3O5S3. The second-order valence-electron chi connectivity index (χ2n) is 7.69. The number of aliphatic carboxylic acids is 1. The van der Waals surface area contributed by atoms with Gasteiger partial charge in [0.05, 0.1) is 22.7 Å². The van der Waals surface area contributed by atoms with Crippen molar-refractivity contribution in [3.8, 4) is 0 Å². The molecule has 0 saturated heterocycles. The first-order valence-corrected chi connectivity index (χ1v) is 12.8. The number of hydrogen-bond acceptors (Lipinski definition) is 9. The fourth-order valence-electron chi connectivity index (χ4n) is 3.56. The Morgan fingerprint density at radius 1 is 1.32 bits per heavy atom. The van der Waals surface area contributed by atoms with Gasteiger partial charge in [-0.2, -0.15) is 0 Å². The summed E-state index contributed by atoms with van der Waals surface area (Å²) < 4.78 is 5.86. The van der Waals surface area contributed by atoms with E-state index in [1.54, 1.807) is 6.07 Å². The van der Waals surface area contributed by atoms with Gasteiger partial charge in [-0.3, -0.25) is 15.1 Å². The number of aryl methyl sites for hydroxylation is 1. The van der Waals surface area contributed by atoms with Crippen molar-refractivity contribution in [2.24, 2.45) is 4.99 Å². The monoisotopic (exact) mass is 511 g/mol. The molecule has 2 heterocycles. The van der Waals surface area contributed by atoms with Crippen molar-refractivity contribution in [3.63, 3.8) is 0 Å². The largest absolute Gasteiger partial charge is 0.480 e. The minimum atomic E-state index is -0.924. The van der Waals surface area contributed by atoms with Gasteiger partial charge in [0.25, 0.3) is 5.69 Å². The molecule has 34 heavy (non-hydrogen) atoms. The summed E-state index contributed by atoms with van der Waals surface area (Å²) in [5.41, 5.74) is 2.60. The van der Waals surface area contributed by atoms with Crippen LogP contribution in [0.2, 0.25) is 0 Å². The molecule has 8 nitrogen and oxygen atoms in total. The highest BCUT2D eigenvalue weighted by Crippen LogP contribution is 2.39. The number of carbonyl (C=O) groups is 1. The molecule has 172 valence electrons. The minimum absolute atomic E-state index is 0.0116. The van der Waals surface area contributed by atoms with Crippen LogP contribution >= 0.6 is 35.1 Å². The Morgan fingerprint density at radius 2 is 2.18 bits per heavy atom. The van der Waals surface area contributed by atoms with E-state index in [2.05, 4.69) is 11.1 Å². The third-order valence-corrected chi connectivity index (χ3v) is 8.39. The number of thioether (sulfide) groups is 1. The van der Waals surface area contributed by atoms with E-state index in [1.165, 1.54) is 29.2 Å². The van der Waals surface area contributed by atoms with Crippen LogP contribution in [0.1, 0.15) is 27.1 Å². The Labute approximate surface area is 207 Å². The minimum Gasteiger partial charge on any atom is -0.480 e. The number of fused-ring (bicyclic) bond motifs is 3. The van der Waals surface area contributed by atoms with E-state index < -0.39 is 16.9 Å². The lowest BCUT2D eigenvalue weighted by atomic mass is 10.1. The molecule has 2 aliphatic carbocycles. The van der Waals surface area contributed by atoms with E-state index in [4.69, 9.17) is 9.17 Å². The van der Waals surface area contributed by atoms with Gasteiger partial charge in [-0.05, 0) is 42.4 Å². The highest BCUT2D eigenvalue weighted by atomic mass is 32.2. The molecule has 1 aliphatic heterocycles. The molecule has 2 unspecified atom stereocenters. The third-order valence-electron chi connectivity index (χ3n) is 5.22. The SMILES string of the molecule is Cc1ccc(SOC2=CC3=CC(C=C2)c2sc(C4=NC(C(=O)O)CS4)nc2C=C3)c([N+](=O)[O-])c1. The molecule has 0 amide bonds. The van der Waals surface area contributed by atoms with E-state index >= 15 is 0 Å². The third kappa shape index (κ3) is 4.59. The molecule has 5 rings (SSSR count). The molecule has 2 bridgehead atoms. The molecule has 0 spiro atoms. The Balaban J connectivity index is 1.35. The topological polar surface area (TPSA) is 115 Å². The van der Waals surface area contributed by atoms with Gasteiger partial charge in [-0.1, -0.05) is 24.3 Å². The van der Waals surface area contributed by atoms with Gasteiger partial charge < -0.3 is 9.29 Å². The maximum atomic E-state index is 11.4. The van der Waals surface area contributed by atoms with Gasteiger partial charge >= 0.3 is 5.97 Å². The second kappa shape index (κ2) is 9.24. The lowest BCUT2D eigenvalue weighted by molar-refractivity contribution is -0.387. The lowest BCUT2D eigenvalue weighted by Gasteiger charge is -2.07. The van der Waals surface area contributed by atoms with Crippen molar-refractivity contribution < 1.29 is 19.0 Å². The van der Waals surface area contributed by atoms with Gasteiger partial charge in [0, 0.05) is 22.6 Å². The number of carboxylic acids is 1. The quantitative estimate of drug-likeness (QED) is 0.306. The van der Waals surface area contributed by atoms with Crippen molar-refractivity contribution in [2.75, 3.05) is 5.75 Å². The summed E-state index contributed by atoms with van der Waals surface area (Å²) in [5.74, 6) is 0.0304. The molecule has 2 aromatic rings. The van der Waals surface area contributed by atoms with Gasteiger partial charge in [0.15, 0.2) is 6.04 Å². The molecule has 0 radical (unpaired) electrons. The van der Waals surface area contributed by atoms with Crippen LogP contribution in [0.5, 0.6) is 0 Å². The fourth-order valence-corrected chi connectivity index (χ4v) is 6.39. The second-order valence-corrected chi connectivity index (χ2v) is 10.5. The van der Waals surface area contributed by atoms with Crippen LogP contribution < -0.4 is 0 Å². The Bertz CT molecular complexity index is 1360. The molecule has 1 aromatic heterocycles. The van der Waals surface area contributed by atoms with Crippen LogP contribution in [0.3, 0.4) is 0 Å². The average molecular weight is 512 g/mol. The smallest absolute Gasteiger partial charge is 0.329 e. The molecule has 0 fully saturated rings. The molecular weight excluding hydrogens is 494 g/mol. The first-order chi connectivity index (χ1) is 16.4. The number of allylic oxidation sites excluding steroid dienone is 6. The summed E-state index contributed by atoms with van der Waals surface area (Å²) in [6.45, 7) is 1.81. The van der Waals surface area contributed by atoms with Crippen molar-refractivity contribution in [1.82, 2.24) is 4.98 Å². The summed E-state index contributed by atoms with van der Waals surface area (Å²) in [4.78, 5) is 32.7. The first-order valence-electron chi connectivity index (χ1n) is 10.2. The van der Waals surface area contributed by atoms with Gasteiger partial charge in [0.2, 0.25) is 0 Å². The van der Waals surface area contributed by atoms with Crippen molar-refractivity contribution >= 4 is 57.9 Å². The lowest BCUT2D eigenvalue weighted by Crippen LogP contribution is -2.17. The van der Waals surface area contributed by atoms with Crippen LogP contribution in [0, 0.1) is 17.0 Å². The van der Waals surface area contributed by atoms with Crippen LogP contribution in [0.4, 0.5) is 5.69 Å². The number of aliphatic imine (C=N–C) groups is 1. The van der Waals surface area contributed by atoms with E-state index in [1.807, 2.05) is 43.4 Å². The fraction of sp³-hybridized carbons (Fsp3) is 0.174. The normalized spacial score (nSPS) is 20.6. The average Bonchev–Trinajstić information content (AvgIpc) is 3.38. The number of aromatic nitrogens is 1. The highest BCUT2D eigenvalue weighted by Gasteiger charge is 2.29. The highest BCUT2D eigenvalue weighted by molar-refractivity contribution is 8.15. The Morgan fingerprint density at radius 3 is 2.94 bits per heavy atom.